The van der Waals surface area contributed by atoms with Gasteiger partial charge >= 0.3 is 0 Å². The largest absolute Gasteiger partial charge is 0.496 e. The molecular weight excluding hydrogens is 288 g/mol. The summed E-state index contributed by atoms with van der Waals surface area (Å²) in [6.07, 6.45) is 3.68. The maximum atomic E-state index is 6.11. The molecule has 0 bridgehead atoms. The maximum Gasteiger partial charge on any atom is 0.124 e. The van der Waals surface area contributed by atoms with Gasteiger partial charge in [-0.1, -0.05) is 17.7 Å². The molecule has 1 unspecified atom stereocenters. The highest BCUT2D eigenvalue weighted by molar-refractivity contribution is 6.30. The molecule has 3 N–H and O–H groups in total. The normalized spacial score (nSPS) is 12.5. The van der Waals surface area contributed by atoms with Crippen LogP contribution in [0.3, 0.4) is 0 Å². The summed E-state index contributed by atoms with van der Waals surface area (Å²) in [5.41, 5.74) is 5.62. The molecule has 0 aliphatic carbocycles. The summed E-state index contributed by atoms with van der Waals surface area (Å²) in [6, 6.07) is 11.1. The van der Waals surface area contributed by atoms with E-state index in [1.165, 1.54) is 0 Å². The minimum absolute atomic E-state index is 0.265. The van der Waals surface area contributed by atoms with E-state index in [4.69, 9.17) is 22.2 Å². The Morgan fingerprint density at radius 1 is 1.29 bits per heavy atom. The lowest BCUT2D eigenvalue weighted by molar-refractivity contribution is 0.404. The molecule has 1 atom stereocenters. The van der Waals surface area contributed by atoms with Gasteiger partial charge in [-0.3, -0.25) is 5.84 Å². The zero-order chi connectivity index (χ0) is 14.8. The topological polar surface area (TPSA) is 64.6 Å². The molecule has 6 heteroatoms. The van der Waals surface area contributed by atoms with Crippen molar-refractivity contribution in [3.8, 4) is 5.75 Å². The van der Waals surface area contributed by atoms with Crippen LogP contribution in [0.2, 0.25) is 5.02 Å². The Kier molecular flexibility index (Phi) is 3.79. The van der Waals surface area contributed by atoms with Gasteiger partial charge in [0.05, 0.1) is 24.9 Å². The van der Waals surface area contributed by atoms with Crippen LogP contribution in [-0.2, 0) is 0 Å². The van der Waals surface area contributed by atoms with Crippen molar-refractivity contribution in [1.29, 1.82) is 0 Å². The second-order valence-corrected chi connectivity index (χ2v) is 5.05. The Morgan fingerprint density at radius 2 is 2.14 bits per heavy atom. The van der Waals surface area contributed by atoms with Crippen molar-refractivity contribution < 1.29 is 4.74 Å². The first-order valence-electron chi connectivity index (χ1n) is 6.46. The number of pyridine rings is 1. The number of rotatable bonds is 4. The number of hydrogen-bond donors (Lipinski definition) is 2. The van der Waals surface area contributed by atoms with Crippen molar-refractivity contribution in [3.63, 3.8) is 0 Å². The van der Waals surface area contributed by atoms with Crippen LogP contribution >= 0.6 is 11.6 Å². The van der Waals surface area contributed by atoms with Crippen LogP contribution in [0.4, 0.5) is 0 Å². The second-order valence-electron chi connectivity index (χ2n) is 4.62. The smallest absolute Gasteiger partial charge is 0.124 e. The van der Waals surface area contributed by atoms with E-state index in [1.54, 1.807) is 23.9 Å². The molecule has 0 saturated heterocycles. The Labute approximate surface area is 127 Å². The molecule has 108 valence electrons. The standard InChI is InChI=1S/C15H15ClN4O/c1-21-14-6-5-10(16)8-11(14)15(19-17)12-9-18-20-7-3-2-4-13(12)20/h2-9,15,19H,17H2,1H3. The molecule has 2 heterocycles. The molecule has 0 saturated carbocycles. The molecule has 0 spiro atoms. The van der Waals surface area contributed by atoms with Crippen LogP contribution < -0.4 is 16.0 Å². The first-order chi connectivity index (χ1) is 10.2. The quantitative estimate of drug-likeness (QED) is 0.574. The Morgan fingerprint density at radius 3 is 2.90 bits per heavy atom. The molecule has 0 radical (unpaired) electrons. The predicted octanol–water partition coefficient (Wildman–Crippen LogP) is 2.55. The van der Waals surface area contributed by atoms with Gasteiger partial charge in [-0.05, 0) is 30.3 Å². The highest BCUT2D eigenvalue weighted by Gasteiger charge is 2.21. The average molecular weight is 303 g/mol. The fourth-order valence-electron chi connectivity index (χ4n) is 2.45. The molecule has 2 aromatic heterocycles. The van der Waals surface area contributed by atoms with Crippen molar-refractivity contribution in [2.75, 3.05) is 7.11 Å². The van der Waals surface area contributed by atoms with Gasteiger partial charge in [0.25, 0.3) is 0 Å². The van der Waals surface area contributed by atoms with Crippen LogP contribution in [0, 0.1) is 0 Å². The molecule has 3 rings (SSSR count). The number of hydrogen-bond acceptors (Lipinski definition) is 4. The number of hydrazine groups is 1. The highest BCUT2D eigenvalue weighted by atomic mass is 35.5. The second kappa shape index (κ2) is 5.73. The van der Waals surface area contributed by atoms with E-state index in [1.807, 2.05) is 36.5 Å². The minimum Gasteiger partial charge on any atom is -0.496 e. The third kappa shape index (κ3) is 2.47. The van der Waals surface area contributed by atoms with Gasteiger partial charge in [-0.15, -0.1) is 0 Å². The molecule has 21 heavy (non-hydrogen) atoms. The monoisotopic (exact) mass is 302 g/mol. The summed E-state index contributed by atoms with van der Waals surface area (Å²) in [5, 5.41) is 4.97. The molecule has 0 aliphatic heterocycles. The van der Waals surface area contributed by atoms with E-state index >= 15 is 0 Å². The van der Waals surface area contributed by atoms with Gasteiger partial charge in [-0.25, -0.2) is 9.94 Å². The molecule has 0 aliphatic rings. The number of nitrogens with two attached hydrogens (primary N) is 1. The van der Waals surface area contributed by atoms with Gasteiger partial charge in [0.1, 0.15) is 5.75 Å². The Bertz CT molecular complexity index is 771. The fraction of sp³-hybridized carbons (Fsp3) is 0.133. The number of nitrogens with one attached hydrogen (secondary N) is 1. The van der Waals surface area contributed by atoms with Crippen molar-refractivity contribution in [1.82, 2.24) is 15.0 Å². The number of aromatic nitrogens is 2. The lowest BCUT2D eigenvalue weighted by atomic mass is 9.99. The zero-order valence-corrected chi connectivity index (χ0v) is 12.2. The fourth-order valence-corrected chi connectivity index (χ4v) is 2.64. The van der Waals surface area contributed by atoms with Crippen LogP contribution in [0.15, 0.2) is 48.8 Å². The van der Waals surface area contributed by atoms with Crippen LogP contribution in [0.1, 0.15) is 17.2 Å². The molecule has 1 aromatic carbocycles. The van der Waals surface area contributed by atoms with Gasteiger partial charge in [0.2, 0.25) is 0 Å². The number of benzene rings is 1. The first kappa shape index (κ1) is 13.9. The summed E-state index contributed by atoms with van der Waals surface area (Å²) >= 11 is 6.11. The van der Waals surface area contributed by atoms with E-state index in [2.05, 4.69) is 10.5 Å². The maximum absolute atomic E-state index is 6.11. The van der Waals surface area contributed by atoms with Crippen molar-refractivity contribution in [2.45, 2.75) is 6.04 Å². The van der Waals surface area contributed by atoms with E-state index in [0.29, 0.717) is 5.02 Å². The summed E-state index contributed by atoms with van der Waals surface area (Å²) in [7, 11) is 1.62. The Balaban J connectivity index is 2.16. The van der Waals surface area contributed by atoms with Crippen molar-refractivity contribution >= 4 is 17.1 Å². The summed E-state index contributed by atoms with van der Waals surface area (Å²) in [6.45, 7) is 0. The van der Waals surface area contributed by atoms with Crippen molar-refractivity contribution in [3.05, 3.63) is 64.9 Å². The number of fused-ring (bicyclic) bond motifs is 1. The summed E-state index contributed by atoms with van der Waals surface area (Å²) in [5.74, 6) is 6.50. The minimum atomic E-state index is -0.265. The number of halogens is 1. The Hall–Kier alpha value is -2.08. The lowest BCUT2D eigenvalue weighted by Crippen LogP contribution is -2.29. The number of ether oxygens (including phenoxy) is 1. The van der Waals surface area contributed by atoms with Gasteiger partial charge in [0.15, 0.2) is 0 Å². The average Bonchev–Trinajstić information content (AvgIpc) is 2.93. The first-order valence-corrected chi connectivity index (χ1v) is 6.84. The molecule has 3 aromatic rings. The van der Waals surface area contributed by atoms with E-state index in [9.17, 15) is 0 Å². The lowest BCUT2D eigenvalue weighted by Gasteiger charge is -2.18. The third-order valence-corrected chi connectivity index (χ3v) is 3.67. The van der Waals surface area contributed by atoms with E-state index in [-0.39, 0.29) is 6.04 Å². The molecular formula is C15H15ClN4O. The summed E-state index contributed by atoms with van der Waals surface area (Å²) in [4.78, 5) is 0. The summed E-state index contributed by atoms with van der Waals surface area (Å²) < 4.78 is 7.21. The third-order valence-electron chi connectivity index (χ3n) is 3.44. The van der Waals surface area contributed by atoms with E-state index in [0.717, 1.165) is 22.4 Å². The van der Waals surface area contributed by atoms with Crippen LogP contribution in [-0.4, -0.2) is 16.7 Å². The van der Waals surface area contributed by atoms with Gasteiger partial charge in [0, 0.05) is 22.3 Å². The molecule has 5 nitrogen and oxygen atoms in total. The number of methoxy groups -OCH3 is 1. The number of nitrogens with zero attached hydrogens (tertiary/aromatic N) is 2. The SMILES string of the molecule is COc1ccc(Cl)cc1C(NN)c1cnn2ccccc12. The highest BCUT2D eigenvalue weighted by Crippen LogP contribution is 2.33. The predicted molar refractivity (Wildman–Crippen MR) is 82.4 cm³/mol. The van der Waals surface area contributed by atoms with Crippen LogP contribution in [0.25, 0.3) is 5.52 Å². The van der Waals surface area contributed by atoms with Gasteiger partial charge in [-0.2, -0.15) is 5.10 Å². The van der Waals surface area contributed by atoms with Crippen LogP contribution in [0.5, 0.6) is 5.75 Å². The van der Waals surface area contributed by atoms with Crippen molar-refractivity contribution in [2.24, 2.45) is 5.84 Å². The van der Waals surface area contributed by atoms with Gasteiger partial charge < -0.3 is 4.74 Å². The molecule has 0 amide bonds. The zero-order valence-electron chi connectivity index (χ0n) is 11.5. The van der Waals surface area contributed by atoms with E-state index < -0.39 is 0 Å². The molecule has 0 fully saturated rings.